The number of carbonyl (C=O) groups is 4. The fourth-order valence-corrected chi connectivity index (χ4v) is 5.13. The molecule has 1 atom stereocenters. The minimum Gasteiger partial charge on any atom is -0.465 e. The van der Waals surface area contributed by atoms with Crippen molar-refractivity contribution in [2.75, 3.05) is 23.4 Å². The third kappa shape index (κ3) is 7.13. The zero-order chi connectivity index (χ0) is 28.8. The van der Waals surface area contributed by atoms with E-state index in [1.165, 1.54) is 36.4 Å². The van der Waals surface area contributed by atoms with E-state index in [4.69, 9.17) is 10.1 Å². The van der Waals surface area contributed by atoms with Crippen LogP contribution in [-0.2, 0) is 20.7 Å². The Hall–Kier alpha value is -4.03. The van der Waals surface area contributed by atoms with Gasteiger partial charge in [0, 0.05) is 21.3 Å². The molecule has 3 aromatic carbocycles. The number of esters is 1. The number of carbonyl (C=O) groups excluding carboxylic acids is 4. The predicted octanol–water partition coefficient (Wildman–Crippen LogP) is 4.76. The summed E-state index contributed by atoms with van der Waals surface area (Å²) in [7, 11) is 0. The number of ether oxygens (including phenoxy) is 1. The number of amides is 3. The molecule has 12 heteroatoms. The van der Waals surface area contributed by atoms with Gasteiger partial charge in [-0.25, -0.2) is 4.39 Å². The zero-order valence-corrected chi connectivity index (χ0v) is 23.6. The summed E-state index contributed by atoms with van der Waals surface area (Å²) in [5, 5.41) is 12.5. The van der Waals surface area contributed by atoms with Crippen molar-refractivity contribution in [3.05, 3.63) is 93.7 Å². The van der Waals surface area contributed by atoms with Gasteiger partial charge in [-0.3, -0.25) is 29.5 Å². The number of hydrogen-bond donors (Lipinski definition) is 3. The summed E-state index contributed by atoms with van der Waals surface area (Å²) in [6.07, 6.45) is 0.438. The lowest BCUT2D eigenvalue weighted by Crippen LogP contribution is -2.37. The van der Waals surface area contributed by atoms with E-state index in [2.05, 4.69) is 26.6 Å². The molecule has 1 fully saturated rings. The van der Waals surface area contributed by atoms with Gasteiger partial charge >= 0.3 is 5.97 Å². The number of nitrogens with zero attached hydrogens (tertiary/aromatic N) is 1. The molecule has 0 bridgehead atoms. The molecular weight excluding hydrogens is 603 g/mol. The van der Waals surface area contributed by atoms with Crippen LogP contribution in [-0.4, -0.2) is 47.3 Å². The summed E-state index contributed by atoms with van der Waals surface area (Å²) < 4.78 is 20.1. The maximum Gasteiger partial charge on any atom is 0.326 e. The molecule has 0 aliphatic carbocycles. The van der Waals surface area contributed by atoms with Gasteiger partial charge in [0.15, 0.2) is 5.17 Å². The molecule has 206 valence electrons. The van der Waals surface area contributed by atoms with E-state index < -0.39 is 24.2 Å². The van der Waals surface area contributed by atoms with Crippen LogP contribution in [0, 0.1) is 11.2 Å². The minimum atomic E-state index is -0.688. The van der Waals surface area contributed by atoms with Crippen LogP contribution in [0.3, 0.4) is 0 Å². The molecule has 1 saturated heterocycles. The first-order chi connectivity index (χ1) is 19.1. The van der Waals surface area contributed by atoms with Gasteiger partial charge < -0.3 is 15.4 Å². The smallest absolute Gasteiger partial charge is 0.326 e. The van der Waals surface area contributed by atoms with Crippen molar-refractivity contribution in [1.82, 2.24) is 5.32 Å². The van der Waals surface area contributed by atoms with Crippen LogP contribution in [0.25, 0.3) is 0 Å². The second-order valence-electron chi connectivity index (χ2n) is 8.65. The molecule has 3 amide bonds. The van der Waals surface area contributed by atoms with Gasteiger partial charge in [0.1, 0.15) is 12.4 Å². The first-order valence-corrected chi connectivity index (χ1v) is 13.8. The van der Waals surface area contributed by atoms with Crippen LogP contribution < -0.4 is 15.5 Å². The average Bonchev–Trinajstić information content (AvgIpc) is 3.24. The van der Waals surface area contributed by atoms with Crippen LogP contribution >= 0.6 is 27.7 Å². The summed E-state index contributed by atoms with van der Waals surface area (Å²) in [6, 6.07) is 17.0. The van der Waals surface area contributed by atoms with Gasteiger partial charge in [-0.05, 0) is 73.5 Å². The van der Waals surface area contributed by atoms with Crippen molar-refractivity contribution in [3.63, 3.8) is 0 Å². The van der Waals surface area contributed by atoms with E-state index >= 15 is 0 Å². The molecule has 0 saturated carbocycles. The van der Waals surface area contributed by atoms with E-state index in [1.807, 2.05) is 0 Å². The normalized spacial score (nSPS) is 14.4. The maximum absolute atomic E-state index is 14.7. The molecule has 0 aromatic heterocycles. The van der Waals surface area contributed by atoms with Crippen molar-refractivity contribution >= 4 is 67.9 Å². The Balaban J connectivity index is 1.43. The molecule has 3 aromatic rings. The third-order valence-corrected chi connectivity index (χ3v) is 7.35. The Morgan fingerprint density at radius 3 is 2.35 bits per heavy atom. The van der Waals surface area contributed by atoms with Gasteiger partial charge in [-0.15, -0.1) is 0 Å². The lowest BCUT2D eigenvalue weighted by atomic mass is 10.1. The summed E-state index contributed by atoms with van der Waals surface area (Å²) in [4.78, 5) is 51.0. The molecule has 40 heavy (non-hydrogen) atoms. The lowest BCUT2D eigenvalue weighted by Gasteiger charge is -2.22. The lowest BCUT2D eigenvalue weighted by molar-refractivity contribution is -0.141. The fourth-order valence-electron chi connectivity index (χ4n) is 3.92. The Bertz CT molecular complexity index is 1470. The van der Waals surface area contributed by atoms with E-state index in [0.29, 0.717) is 22.1 Å². The first-order valence-electron chi connectivity index (χ1n) is 12.1. The monoisotopic (exact) mass is 626 g/mol. The number of hydrogen-bond acceptors (Lipinski definition) is 7. The van der Waals surface area contributed by atoms with E-state index in [0.717, 1.165) is 22.2 Å². The topological polar surface area (TPSA) is 129 Å². The largest absolute Gasteiger partial charge is 0.465 e. The molecule has 9 nitrogen and oxygen atoms in total. The number of rotatable bonds is 9. The average molecular weight is 627 g/mol. The number of halogens is 2. The minimum absolute atomic E-state index is 0.0764. The number of anilines is 2. The van der Waals surface area contributed by atoms with Gasteiger partial charge in [-0.1, -0.05) is 39.8 Å². The molecule has 4 rings (SSSR count). The Labute approximate surface area is 242 Å². The molecule has 1 heterocycles. The van der Waals surface area contributed by atoms with Crippen molar-refractivity contribution in [2.45, 2.75) is 18.6 Å². The van der Waals surface area contributed by atoms with E-state index in [1.54, 1.807) is 37.3 Å². The molecule has 1 aliphatic rings. The van der Waals surface area contributed by atoms with Crippen LogP contribution in [0.2, 0.25) is 0 Å². The van der Waals surface area contributed by atoms with Gasteiger partial charge in [-0.2, -0.15) is 0 Å². The Morgan fingerprint density at radius 1 is 1.07 bits per heavy atom. The van der Waals surface area contributed by atoms with Crippen molar-refractivity contribution in [3.8, 4) is 0 Å². The third-order valence-electron chi connectivity index (χ3n) is 5.85. The van der Waals surface area contributed by atoms with Crippen molar-refractivity contribution < 1.29 is 28.3 Å². The highest BCUT2D eigenvalue weighted by Gasteiger charge is 2.29. The molecule has 0 spiro atoms. The molecular formula is C28H24BrFN4O5S. The quantitative estimate of drug-likeness (QED) is 0.294. The van der Waals surface area contributed by atoms with Crippen LogP contribution in [0.1, 0.15) is 33.2 Å². The fraction of sp³-hybridized carbons (Fsp3) is 0.179. The summed E-state index contributed by atoms with van der Waals surface area (Å²) in [5.41, 5.74) is 1.78. The summed E-state index contributed by atoms with van der Waals surface area (Å²) in [5.74, 6) is -2.57. The van der Waals surface area contributed by atoms with E-state index in [9.17, 15) is 23.6 Å². The number of nitrogens with one attached hydrogen (secondary N) is 3. The van der Waals surface area contributed by atoms with E-state index in [-0.39, 0.29) is 40.1 Å². The second kappa shape index (κ2) is 12.9. The summed E-state index contributed by atoms with van der Waals surface area (Å²) in [6.45, 7) is 1.27. The van der Waals surface area contributed by atoms with Crippen molar-refractivity contribution in [2.24, 2.45) is 0 Å². The van der Waals surface area contributed by atoms with Gasteiger partial charge in [0.25, 0.3) is 11.8 Å². The first kappa shape index (κ1) is 29.0. The highest BCUT2D eigenvalue weighted by Crippen LogP contribution is 2.26. The van der Waals surface area contributed by atoms with Gasteiger partial charge in [0.05, 0.1) is 17.5 Å². The predicted molar refractivity (Wildman–Crippen MR) is 154 cm³/mol. The van der Waals surface area contributed by atoms with Crippen LogP contribution in [0.15, 0.2) is 71.2 Å². The SMILES string of the molecule is CCOC(=O)CN(C(=O)c1ccc(NC(=O)c2ccc(CC3SC(=N)NC3=O)cc2)cc1)c1ccc(Br)cc1F. The van der Waals surface area contributed by atoms with Crippen molar-refractivity contribution in [1.29, 1.82) is 5.41 Å². The Morgan fingerprint density at radius 2 is 1.75 bits per heavy atom. The molecule has 3 N–H and O–H groups in total. The zero-order valence-electron chi connectivity index (χ0n) is 21.2. The summed E-state index contributed by atoms with van der Waals surface area (Å²) >= 11 is 4.34. The number of thioether (sulfide) groups is 1. The van der Waals surface area contributed by atoms with Gasteiger partial charge in [0.2, 0.25) is 5.91 Å². The standard InChI is InChI=1S/C28H24BrFN4O5S/c1-2-39-24(35)15-34(22-12-9-19(29)14-21(22)30)27(38)18-7-10-20(11-8-18)32-25(36)17-5-3-16(4-6-17)13-23-26(37)33-28(31)40-23/h3-12,14,23H,2,13,15H2,1H3,(H,32,36)(H2,31,33,37). The number of benzene rings is 3. The molecule has 1 unspecified atom stereocenters. The van der Waals surface area contributed by atoms with Crippen LogP contribution in [0.4, 0.5) is 15.8 Å². The number of amidine groups is 1. The second-order valence-corrected chi connectivity index (χ2v) is 10.8. The maximum atomic E-state index is 14.7. The highest BCUT2D eigenvalue weighted by atomic mass is 79.9. The molecule has 0 radical (unpaired) electrons. The highest BCUT2D eigenvalue weighted by molar-refractivity contribution is 9.10. The van der Waals surface area contributed by atoms with Crippen LogP contribution in [0.5, 0.6) is 0 Å². The molecule has 1 aliphatic heterocycles. The Kier molecular flexibility index (Phi) is 9.33.